The van der Waals surface area contributed by atoms with Crippen LogP contribution in [0.25, 0.3) is 0 Å². The number of carboxylic acid groups (broad SMARTS) is 2. The van der Waals surface area contributed by atoms with Gasteiger partial charge in [0, 0.05) is 0 Å². The molecule has 0 aromatic carbocycles. The van der Waals surface area contributed by atoms with Gasteiger partial charge < -0.3 is 21.7 Å². The van der Waals surface area contributed by atoms with Crippen LogP contribution in [0.5, 0.6) is 0 Å². The van der Waals surface area contributed by atoms with E-state index in [1.165, 1.54) is 6.92 Å². The largest absolute Gasteiger partial charge is 0.480 e. The van der Waals surface area contributed by atoms with Crippen molar-refractivity contribution in [2.45, 2.75) is 19.0 Å². The van der Waals surface area contributed by atoms with Crippen molar-refractivity contribution in [3.05, 3.63) is 0 Å². The van der Waals surface area contributed by atoms with E-state index in [9.17, 15) is 14.0 Å². The first-order valence-corrected chi connectivity index (χ1v) is 3.35. The van der Waals surface area contributed by atoms with Gasteiger partial charge in [0.1, 0.15) is 18.8 Å². The zero-order valence-corrected chi connectivity index (χ0v) is 7.11. The maximum absolute atomic E-state index is 11.1. The fourth-order valence-corrected chi connectivity index (χ4v) is 0.0660. The van der Waals surface area contributed by atoms with Crippen molar-refractivity contribution in [2.24, 2.45) is 11.5 Å². The summed E-state index contributed by atoms with van der Waals surface area (Å²) in [5, 5.41) is 15.7. The third-order valence-corrected chi connectivity index (χ3v) is 0.873. The monoisotopic (exact) mass is 196 g/mol. The lowest BCUT2D eigenvalue weighted by molar-refractivity contribution is -0.139. The topological polar surface area (TPSA) is 127 Å². The molecule has 78 valence electrons. The summed E-state index contributed by atoms with van der Waals surface area (Å²) < 4.78 is 11.1. The van der Waals surface area contributed by atoms with E-state index in [-0.39, 0.29) is 0 Å². The van der Waals surface area contributed by atoms with Gasteiger partial charge in [0.15, 0.2) is 0 Å². The van der Waals surface area contributed by atoms with Crippen molar-refractivity contribution < 1.29 is 24.2 Å². The molecule has 13 heavy (non-hydrogen) atoms. The van der Waals surface area contributed by atoms with Crippen LogP contribution >= 0.6 is 0 Å². The van der Waals surface area contributed by atoms with Crippen LogP contribution in [0.3, 0.4) is 0 Å². The van der Waals surface area contributed by atoms with Crippen LogP contribution in [0.1, 0.15) is 6.92 Å². The summed E-state index contributed by atoms with van der Waals surface area (Å²) in [6, 6.07) is -2.08. The highest BCUT2D eigenvalue weighted by Crippen LogP contribution is 1.76. The second-order valence-corrected chi connectivity index (χ2v) is 2.23. The first kappa shape index (κ1) is 14.3. The molecule has 0 heterocycles. The predicted octanol–water partition coefficient (Wildman–Crippen LogP) is -1.21. The average molecular weight is 196 g/mol. The van der Waals surface area contributed by atoms with Crippen molar-refractivity contribution in [3.63, 3.8) is 0 Å². The molecule has 0 saturated heterocycles. The molecule has 0 rings (SSSR count). The lowest BCUT2D eigenvalue weighted by Gasteiger charge is -1.94. The average Bonchev–Trinajstić information content (AvgIpc) is 2.03. The summed E-state index contributed by atoms with van der Waals surface area (Å²) in [4.78, 5) is 19.1. The summed E-state index contributed by atoms with van der Waals surface area (Å²) in [5.41, 5.74) is 9.48. The second kappa shape index (κ2) is 7.44. The van der Waals surface area contributed by atoms with E-state index in [1.807, 2.05) is 0 Å². The van der Waals surface area contributed by atoms with E-state index in [4.69, 9.17) is 15.9 Å². The number of nitrogens with two attached hydrogens (primary N) is 2. The molecule has 0 unspecified atom stereocenters. The molecule has 0 aromatic rings. The SMILES string of the molecule is C[C@@H](N)C(=O)O.N[C@H](CF)C(=O)O. The molecule has 7 heteroatoms. The zero-order chi connectivity index (χ0) is 11.0. The second-order valence-electron chi connectivity index (χ2n) is 2.23. The standard InChI is InChI=1S/C3H6FNO2.C3H7NO2/c4-1-2(5)3(6)7;1-2(4)3(5)6/h2H,1,5H2,(H,6,7);2H,4H2,1H3,(H,5,6)/t2*2-/m11/s1. The Morgan fingerprint density at radius 2 is 1.62 bits per heavy atom. The van der Waals surface area contributed by atoms with Gasteiger partial charge in [-0.3, -0.25) is 9.59 Å². The zero-order valence-electron chi connectivity index (χ0n) is 7.11. The number of carboxylic acids is 2. The number of rotatable bonds is 3. The van der Waals surface area contributed by atoms with Gasteiger partial charge in [-0.05, 0) is 6.92 Å². The lowest BCUT2D eigenvalue weighted by atomic mass is 10.4. The Balaban J connectivity index is 0. The molecule has 6 N–H and O–H groups in total. The number of aliphatic carboxylic acids is 2. The summed E-state index contributed by atoms with van der Waals surface area (Å²) >= 11 is 0. The Bertz CT molecular complexity index is 174. The smallest absolute Gasteiger partial charge is 0.323 e. The van der Waals surface area contributed by atoms with Gasteiger partial charge in [-0.15, -0.1) is 0 Å². The highest BCUT2D eigenvalue weighted by atomic mass is 19.1. The number of halogens is 1. The van der Waals surface area contributed by atoms with E-state index in [2.05, 4.69) is 5.73 Å². The maximum atomic E-state index is 11.1. The summed E-state index contributed by atoms with van der Waals surface area (Å²) in [6.07, 6.45) is 0. The molecule has 2 atom stereocenters. The van der Waals surface area contributed by atoms with E-state index in [1.54, 1.807) is 0 Å². The maximum Gasteiger partial charge on any atom is 0.323 e. The minimum atomic E-state index is -1.35. The molecule has 0 fully saturated rings. The van der Waals surface area contributed by atoms with Crippen LogP contribution in [0, 0.1) is 0 Å². The molecule has 0 aromatic heterocycles. The molecule has 0 amide bonds. The molecular formula is C6H13FN2O4. The van der Waals surface area contributed by atoms with Crippen LogP contribution in [-0.4, -0.2) is 40.9 Å². The first-order chi connectivity index (χ1) is 5.82. The Morgan fingerprint density at radius 3 is 1.62 bits per heavy atom. The van der Waals surface area contributed by atoms with Gasteiger partial charge in [0.2, 0.25) is 0 Å². The molecule has 0 aliphatic carbocycles. The van der Waals surface area contributed by atoms with E-state index >= 15 is 0 Å². The van der Waals surface area contributed by atoms with Gasteiger partial charge in [-0.1, -0.05) is 0 Å². The van der Waals surface area contributed by atoms with Gasteiger partial charge in [-0.2, -0.15) is 0 Å². The summed E-state index contributed by atoms with van der Waals surface area (Å²) in [6.45, 7) is 0.414. The number of alkyl halides is 1. The quantitative estimate of drug-likeness (QED) is 0.448. The number of hydrogen-bond donors (Lipinski definition) is 4. The Morgan fingerprint density at radius 1 is 1.31 bits per heavy atom. The number of carbonyl (C=O) groups is 2. The highest BCUT2D eigenvalue weighted by molar-refractivity contribution is 5.73. The van der Waals surface area contributed by atoms with Gasteiger partial charge in [0.05, 0.1) is 0 Å². The normalized spacial score (nSPS) is 13.5. The van der Waals surface area contributed by atoms with Crippen LogP contribution in [0.15, 0.2) is 0 Å². The van der Waals surface area contributed by atoms with E-state index in [0.29, 0.717) is 0 Å². The van der Waals surface area contributed by atoms with Gasteiger partial charge in [0.25, 0.3) is 0 Å². The van der Waals surface area contributed by atoms with E-state index < -0.39 is 30.7 Å². The highest BCUT2D eigenvalue weighted by Gasteiger charge is 2.08. The van der Waals surface area contributed by atoms with Crippen LogP contribution in [0.2, 0.25) is 0 Å². The molecule has 0 bridgehead atoms. The van der Waals surface area contributed by atoms with Crippen LogP contribution in [0.4, 0.5) is 4.39 Å². The third kappa shape index (κ3) is 10.8. The summed E-state index contributed by atoms with van der Waals surface area (Å²) in [5.74, 6) is -2.27. The Hall–Kier alpha value is -1.21. The molecule has 0 spiro atoms. The molecule has 0 radical (unpaired) electrons. The molecule has 6 nitrogen and oxygen atoms in total. The van der Waals surface area contributed by atoms with Crippen molar-refractivity contribution in [2.75, 3.05) is 6.67 Å². The van der Waals surface area contributed by atoms with Gasteiger partial charge in [-0.25, -0.2) is 4.39 Å². The van der Waals surface area contributed by atoms with E-state index in [0.717, 1.165) is 0 Å². The van der Waals surface area contributed by atoms with Crippen LogP contribution in [-0.2, 0) is 9.59 Å². The first-order valence-electron chi connectivity index (χ1n) is 3.35. The summed E-state index contributed by atoms with van der Waals surface area (Å²) in [7, 11) is 0. The molecule has 0 saturated carbocycles. The van der Waals surface area contributed by atoms with Crippen LogP contribution < -0.4 is 11.5 Å². The van der Waals surface area contributed by atoms with Crippen molar-refractivity contribution in [3.8, 4) is 0 Å². The number of hydrogen-bond acceptors (Lipinski definition) is 4. The third-order valence-electron chi connectivity index (χ3n) is 0.873. The fraction of sp³-hybridized carbons (Fsp3) is 0.667. The minimum Gasteiger partial charge on any atom is -0.480 e. The fourth-order valence-electron chi connectivity index (χ4n) is 0.0660. The lowest BCUT2D eigenvalue weighted by Crippen LogP contribution is -2.31. The molecule has 0 aliphatic heterocycles. The Kier molecular flexibility index (Phi) is 8.20. The Labute approximate surface area is 74.3 Å². The molecule has 0 aliphatic rings. The van der Waals surface area contributed by atoms with Crippen molar-refractivity contribution in [1.29, 1.82) is 0 Å². The van der Waals surface area contributed by atoms with Gasteiger partial charge >= 0.3 is 11.9 Å². The molecular weight excluding hydrogens is 183 g/mol. The van der Waals surface area contributed by atoms with Crippen molar-refractivity contribution in [1.82, 2.24) is 0 Å². The predicted molar refractivity (Wildman–Crippen MR) is 42.9 cm³/mol. The minimum absolute atomic E-state index is 0.731. The van der Waals surface area contributed by atoms with Crippen molar-refractivity contribution >= 4 is 11.9 Å².